The van der Waals surface area contributed by atoms with Crippen LogP contribution in [0, 0.1) is 5.41 Å². The first kappa shape index (κ1) is 14.4. The first-order valence-electron chi connectivity index (χ1n) is 5.59. The van der Waals surface area contributed by atoms with E-state index in [1.165, 1.54) is 6.20 Å². The van der Waals surface area contributed by atoms with Crippen LogP contribution in [0.25, 0.3) is 0 Å². The second-order valence-corrected chi connectivity index (χ2v) is 5.69. The molecule has 102 valence electrons. The van der Waals surface area contributed by atoms with Gasteiger partial charge in [0.25, 0.3) is 5.91 Å². The molecule has 2 rings (SSSR count). The van der Waals surface area contributed by atoms with E-state index in [0.717, 1.165) is 16.2 Å². The minimum absolute atomic E-state index is 0.138. The predicted octanol–water partition coefficient (Wildman–Crippen LogP) is 2.68. The summed E-state index contributed by atoms with van der Waals surface area (Å²) in [5, 5.41) is 10.7. The number of nitrogens with zero attached hydrogens (tertiary/aromatic N) is 1. The molecule has 0 unspecified atom stereocenters. The summed E-state index contributed by atoms with van der Waals surface area (Å²) in [5.74, 6) is -0.547. The van der Waals surface area contributed by atoms with Gasteiger partial charge in [-0.1, -0.05) is 23.5 Å². The number of carbonyl (C=O) groups is 2. The van der Waals surface area contributed by atoms with Gasteiger partial charge in [0.1, 0.15) is 5.71 Å². The van der Waals surface area contributed by atoms with Crippen molar-refractivity contribution in [1.82, 2.24) is 4.98 Å². The second kappa shape index (κ2) is 6.44. The minimum Gasteiger partial charge on any atom is -0.297 e. The van der Waals surface area contributed by atoms with Crippen LogP contribution in [0.5, 0.6) is 0 Å². The molecule has 1 heterocycles. The summed E-state index contributed by atoms with van der Waals surface area (Å²) >= 11 is 2.66. The van der Waals surface area contributed by atoms with Crippen LogP contribution in [-0.2, 0) is 4.79 Å². The van der Waals surface area contributed by atoms with Crippen molar-refractivity contribution in [2.24, 2.45) is 0 Å². The first-order valence-corrected chi connectivity index (χ1v) is 7.63. The summed E-state index contributed by atoms with van der Waals surface area (Å²) in [7, 11) is 0. The van der Waals surface area contributed by atoms with Crippen molar-refractivity contribution in [3.05, 3.63) is 40.9 Å². The highest BCUT2D eigenvalue weighted by atomic mass is 32.2. The molecule has 1 aromatic carbocycles. The van der Waals surface area contributed by atoms with Gasteiger partial charge in [-0.15, -0.1) is 11.8 Å². The van der Waals surface area contributed by atoms with Gasteiger partial charge in [-0.05, 0) is 18.4 Å². The SMILES string of the molecule is CSc1ccc(C(=N)C(=O)Nc2ncc(C=O)s2)cc1. The molecule has 0 aliphatic heterocycles. The summed E-state index contributed by atoms with van der Waals surface area (Å²) < 4.78 is 0. The van der Waals surface area contributed by atoms with Crippen LogP contribution < -0.4 is 5.32 Å². The number of thiazole rings is 1. The van der Waals surface area contributed by atoms with Crippen LogP contribution in [0.2, 0.25) is 0 Å². The standard InChI is InChI=1S/C13H11N3O2S2/c1-19-9-4-2-8(3-5-9)11(14)12(18)16-13-15-6-10(7-17)20-13/h2-7,14H,1H3,(H,15,16,18). The fraction of sp³-hybridized carbons (Fsp3) is 0.0769. The number of carbonyl (C=O) groups excluding carboxylic acids is 2. The molecule has 2 aromatic rings. The summed E-state index contributed by atoms with van der Waals surface area (Å²) in [6, 6.07) is 7.17. The number of benzene rings is 1. The molecule has 5 nitrogen and oxygen atoms in total. The van der Waals surface area contributed by atoms with Gasteiger partial charge in [-0.2, -0.15) is 0 Å². The van der Waals surface area contributed by atoms with E-state index in [1.54, 1.807) is 23.9 Å². The summed E-state index contributed by atoms with van der Waals surface area (Å²) in [5.41, 5.74) is 0.396. The average molecular weight is 305 g/mol. The molecule has 0 aliphatic carbocycles. The zero-order chi connectivity index (χ0) is 14.5. The maximum atomic E-state index is 11.9. The Hall–Kier alpha value is -1.99. The Morgan fingerprint density at radius 1 is 1.40 bits per heavy atom. The molecular formula is C13H11N3O2S2. The van der Waals surface area contributed by atoms with Gasteiger partial charge in [-0.25, -0.2) is 4.98 Å². The van der Waals surface area contributed by atoms with Crippen LogP contribution in [0.15, 0.2) is 35.4 Å². The molecule has 0 atom stereocenters. The van der Waals surface area contributed by atoms with E-state index < -0.39 is 5.91 Å². The monoisotopic (exact) mass is 305 g/mol. The molecule has 0 aliphatic rings. The first-order chi connectivity index (χ1) is 9.63. The van der Waals surface area contributed by atoms with Gasteiger partial charge >= 0.3 is 0 Å². The van der Waals surface area contributed by atoms with E-state index in [0.29, 0.717) is 21.9 Å². The van der Waals surface area contributed by atoms with E-state index in [4.69, 9.17) is 5.41 Å². The van der Waals surface area contributed by atoms with Crippen molar-refractivity contribution >= 4 is 46.1 Å². The highest BCUT2D eigenvalue weighted by Crippen LogP contribution is 2.18. The van der Waals surface area contributed by atoms with Crippen LogP contribution in [-0.4, -0.2) is 29.1 Å². The molecule has 1 aromatic heterocycles. The normalized spacial score (nSPS) is 10.1. The Balaban J connectivity index is 2.07. The zero-order valence-corrected chi connectivity index (χ0v) is 12.2. The summed E-state index contributed by atoms with van der Waals surface area (Å²) in [4.78, 5) is 27.8. The number of hydrogen-bond acceptors (Lipinski definition) is 6. The van der Waals surface area contributed by atoms with Gasteiger partial charge in [0.05, 0.1) is 11.1 Å². The van der Waals surface area contributed by atoms with Gasteiger partial charge in [0.2, 0.25) is 0 Å². The quantitative estimate of drug-likeness (QED) is 0.505. The van der Waals surface area contributed by atoms with Gasteiger partial charge in [0.15, 0.2) is 11.4 Å². The number of thioether (sulfide) groups is 1. The predicted molar refractivity (Wildman–Crippen MR) is 81.2 cm³/mol. The van der Waals surface area contributed by atoms with E-state index in [2.05, 4.69) is 10.3 Å². The molecule has 0 fully saturated rings. The third kappa shape index (κ3) is 3.31. The molecule has 0 saturated carbocycles. The second-order valence-electron chi connectivity index (χ2n) is 3.74. The zero-order valence-electron chi connectivity index (χ0n) is 10.5. The Labute approximate surface area is 123 Å². The molecule has 0 spiro atoms. The average Bonchev–Trinajstić information content (AvgIpc) is 2.94. The lowest BCUT2D eigenvalue weighted by molar-refractivity contribution is -0.110. The Kier molecular flexibility index (Phi) is 4.65. The van der Waals surface area contributed by atoms with Crippen molar-refractivity contribution in [1.29, 1.82) is 5.41 Å². The van der Waals surface area contributed by atoms with E-state index in [-0.39, 0.29) is 5.71 Å². The maximum Gasteiger partial charge on any atom is 0.275 e. The number of hydrogen-bond donors (Lipinski definition) is 2. The molecule has 20 heavy (non-hydrogen) atoms. The topological polar surface area (TPSA) is 82.9 Å². The number of anilines is 1. The largest absolute Gasteiger partial charge is 0.297 e. The van der Waals surface area contributed by atoms with E-state index in [1.807, 2.05) is 18.4 Å². The van der Waals surface area contributed by atoms with Gasteiger partial charge < -0.3 is 0 Å². The van der Waals surface area contributed by atoms with Gasteiger partial charge in [0, 0.05) is 10.5 Å². The number of amides is 1. The van der Waals surface area contributed by atoms with Crippen molar-refractivity contribution in [3.63, 3.8) is 0 Å². The number of aromatic nitrogens is 1. The van der Waals surface area contributed by atoms with Gasteiger partial charge in [-0.3, -0.25) is 20.3 Å². The molecule has 2 N–H and O–H groups in total. The number of aldehydes is 1. The van der Waals surface area contributed by atoms with E-state index >= 15 is 0 Å². The molecule has 0 saturated heterocycles. The highest BCUT2D eigenvalue weighted by Gasteiger charge is 2.13. The molecular weight excluding hydrogens is 294 g/mol. The fourth-order valence-corrected chi connectivity index (χ4v) is 2.48. The Bertz CT molecular complexity index is 650. The lowest BCUT2D eigenvalue weighted by Crippen LogP contribution is -2.22. The third-order valence-corrected chi connectivity index (χ3v) is 4.05. The minimum atomic E-state index is -0.547. The fourth-order valence-electron chi connectivity index (χ4n) is 1.45. The lowest BCUT2D eigenvalue weighted by atomic mass is 10.1. The molecule has 0 radical (unpaired) electrons. The van der Waals surface area contributed by atoms with Crippen LogP contribution in [0.1, 0.15) is 15.2 Å². The molecule has 7 heteroatoms. The summed E-state index contributed by atoms with van der Waals surface area (Å²) in [6.45, 7) is 0. The molecule has 0 bridgehead atoms. The Morgan fingerprint density at radius 2 is 2.10 bits per heavy atom. The number of nitrogens with one attached hydrogen (secondary N) is 2. The van der Waals surface area contributed by atoms with Crippen LogP contribution >= 0.6 is 23.1 Å². The van der Waals surface area contributed by atoms with Crippen molar-refractivity contribution in [2.75, 3.05) is 11.6 Å². The van der Waals surface area contributed by atoms with Crippen molar-refractivity contribution < 1.29 is 9.59 Å². The van der Waals surface area contributed by atoms with Crippen molar-refractivity contribution in [3.8, 4) is 0 Å². The van der Waals surface area contributed by atoms with Crippen molar-refractivity contribution in [2.45, 2.75) is 4.90 Å². The third-order valence-electron chi connectivity index (χ3n) is 2.47. The van der Waals surface area contributed by atoms with Crippen LogP contribution in [0.3, 0.4) is 0 Å². The summed E-state index contributed by atoms with van der Waals surface area (Å²) in [6.07, 6.45) is 4.00. The smallest absolute Gasteiger partial charge is 0.275 e. The number of rotatable bonds is 5. The van der Waals surface area contributed by atoms with Crippen LogP contribution in [0.4, 0.5) is 5.13 Å². The highest BCUT2D eigenvalue weighted by molar-refractivity contribution is 7.98. The molecule has 1 amide bonds. The van der Waals surface area contributed by atoms with E-state index in [9.17, 15) is 9.59 Å². The maximum absolute atomic E-state index is 11.9. The Morgan fingerprint density at radius 3 is 2.65 bits per heavy atom. The lowest BCUT2D eigenvalue weighted by Gasteiger charge is -2.04.